The number of nitrogens with zero attached hydrogens (tertiary/aromatic N) is 3. The fourth-order valence-corrected chi connectivity index (χ4v) is 2.60. The summed E-state index contributed by atoms with van der Waals surface area (Å²) in [6.45, 7) is 3.54. The summed E-state index contributed by atoms with van der Waals surface area (Å²) in [5.41, 5.74) is 0.694. The Labute approximate surface area is 128 Å². The lowest BCUT2D eigenvalue weighted by Crippen LogP contribution is -2.46. The summed E-state index contributed by atoms with van der Waals surface area (Å²) in [5, 5.41) is 9.57. The van der Waals surface area contributed by atoms with Crippen molar-refractivity contribution in [3.8, 4) is 0 Å². The topological polar surface area (TPSA) is 96.3 Å². The van der Waals surface area contributed by atoms with Crippen molar-refractivity contribution < 1.29 is 14.4 Å². The quantitative estimate of drug-likeness (QED) is 0.704. The van der Waals surface area contributed by atoms with Crippen LogP contribution >= 0.6 is 0 Å². The highest BCUT2D eigenvalue weighted by molar-refractivity contribution is 6.07. The molecule has 2 N–H and O–H groups in total. The van der Waals surface area contributed by atoms with Gasteiger partial charge in [0.05, 0.1) is 12.6 Å². The molecule has 2 atom stereocenters. The van der Waals surface area contributed by atoms with Crippen molar-refractivity contribution in [1.82, 2.24) is 25.3 Å². The monoisotopic (exact) mass is 307 g/mol. The zero-order valence-corrected chi connectivity index (χ0v) is 13.2. The van der Waals surface area contributed by atoms with Gasteiger partial charge in [-0.05, 0) is 20.9 Å². The standard InChI is InChI=1S/C14H21N5O3/c1-8(2)19-11(20)5-10(14(19)22)17-13(21)12(15-3)9-6-16-18(4)7-9/h6-8,10,12,15H,5H2,1-4H3,(H,17,21). The van der Waals surface area contributed by atoms with Gasteiger partial charge in [0.25, 0.3) is 5.91 Å². The number of hydrogen-bond donors (Lipinski definition) is 2. The first-order valence-corrected chi connectivity index (χ1v) is 7.17. The van der Waals surface area contributed by atoms with Gasteiger partial charge in [-0.15, -0.1) is 0 Å². The Morgan fingerprint density at radius 1 is 1.41 bits per heavy atom. The minimum atomic E-state index is -0.796. The van der Waals surface area contributed by atoms with Crippen molar-refractivity contribution in [2.24, 2.45) is 7.05 Å². The highest BCUT2D eigenvalue weighted by Gasteiger charge is 2.41. The van der Waals surface area contributed by atoms with Gasteiger partial charge < -0.3 is 10.6 Å². The van der Waals surface area contributed by atoms with Crippen LogP contribution in [0.15, 0.2) is 12.4 Å². The Bertz CT molecular complexity index is 595. The molecule has 1 aliphatic heterocycles. The second-order valence-corrected chi connectivity index (χ2v) is 5.63. The number of imide groups is 1. The highest BCUT2D eigenvalue weighted by atomic mass is 16.2. The fourth-order valence-electron chi connectivity index (χ4n) is 2.60. The lowest BCUT2D eigenvalue weighted by atomic mass is 10.1. The summed E-state index contributed by atoms with van der Waals surface area (Å²) >= 11 is 0. The normalized spacial score (nSPS) is 19.9. The summed E-state index contributed by atoms with van der Waals surface area (Å²) in [4.78, 5) is 37.6. The van der Waals surface area contributed by atoms with Crippen LogP contribution < -0.4 is 10.6 Å². The minimum Gasteiger partial charge on any atom is -0.342 e. The molecular formula is C14H21N5O3. The molecule has 1 saturated heterocycles. The van der Waals surface area contributed by atoms with Gasteiger partial charge in [0.2, 0.25) is 11.8 Å². The van der Waals surface area contributed by atoms with E-state index in [1.165, 1.54) is 4.90 Å². The van der Waals surface area contributed by atoms with E-state index in [0.717, 1.165) is 0 Å². The highest BCUT2D eigenvalue weighted by Crippen LogP contribution is 2.18. The van der Waals surface area contributed by atoms with E-state index in [0.29, 0.717) is 5.56 Å². The van der Waals surface area contributed by atoms with Crippen LogP contribution in [-0.2, 0) is 21.4 Å². The SMILES string of the molecule is CNC(C(=O)NC1CC(=O)N(C(C)C)C1=O)c1cnn(C)c1. The summed E-state index contributed by atoms with van der Waals surface area (Å²) in [6.07, 6.45) is 3.32. The molecule has 1 aromatic rings. The van der Waals surface area contributed by atoms with E-state index in [2.05, 4.69) is 15.7 Å². The maximum Gasteiger partial charge on any atom is 0.252 e. The van der Waals surface area contributed by atoms with Crippen LogP contribution in [0.3, 0.4) is 0 Å². The van der Waals surface area contributed by atoms with Crippen molar-refractivity contribution in [1.29, 1.82) is 0 Å². The Balaban J connectivity index is 2.08. The number of rotatable bonds is 5. The third-order valence-corrected chi connectivity index (χ3v) is 3.62. The fraction of sp³-hybridized carbons (Fsp3) is 0.571. The van der Waals surface area contributed by atoms with Crippen molar-refractivity contribution >= 4 is 17.7 Å². The Hall–Kier alpha value is -2.22. The van der Waals surface area contributed by atoms with E-state index in [1.54, 1.807) is 45.0 Å². The minimum absolute atomic E-state index is 0.00618. The number of carbonyl (C=O) groups is 3. The van der Waals surface area contributed by atoms with E-state index in [9.17, 15) is 14.4 Å². The summed E-state index contributed by atoms with van der Waals surface area (Å²) in [5.74, 6) is -0.964. The molecule has 3 amide bonds. The summed E-state index contributed by atoms with van der Waals surface area (Å²) < 4.78 is 1.59. The molecule has 8 heteroatoms. The molecule has 0 bridgehead atoms. The van der Waals surface area contributed by atoms with E-state index < -0.39 is 12.1 Å². The van der Waals surface area contributed by atoms with Crippen LogP contribution in [-0.4, -0.2) is 51.5 Å². The van der Waals surface area contributed by atoms with Crippen LogP contribution in [0.1, 0.15) is 31.9 Å². The largest absolute Gasteiger partial charge is 0.342 e. The first-order chi connectivity index (χ1) is 10.3. The predicted octanol–water partition coefficient (Wildman–Crippen LogP) is -0.667. The molecule has 22 heavy (non-hydrogen) atoms. The van der Waals surface area contributed by atoms with Crippen LogP contribution in [0, 0.1) is 0 Å². The zero-order chi connectivity index (χ0) is 16.4. The molecule has 0 aromatic carbocycles. The first-order valence-electron chi connectivity index (χ1n) is 7.17. The molecule has 0 saturated carbocycles. The number of likely N-dealkylation sites (N-methyl/N-ethyl adjacent to an activating group) is 1. The number of aromatic nitrogens is 2. The van der Waals surface area contributed by atoms with Gasteiger partial charge in [-0.3, -0.25) is 24.0 Å². The summed E-state index contributed by atoms with van der Waals surface area (Å²) in [6, 6.07) is -1.63. The van der Waals surface area contributed by atoms with E-state index in [4.69, 9.17) is 0 Å². The van der Waals surface area contributed by atoms with Crippen LogP contribution in [0.4, 0.5) is 0 Å². The summed E-state index contributed by atoms with van der Waals surface area (Å²) in [7, 11) is 3.41. The van der Waals surface area contributed by atoms with E-state index in [-0.39, 0.29) is 30.2 Å². The third kappa shape index (κ3) is 3.01. The van der Waals surface area contributed by atoms with Crippen molar-refractivity contribution in [3.63, 3.8) is 0 Å². The second kappa shape index (κ2) is 6.27. The average molecular weight is 307 g/mol. The van der Waals surface area contributed by atoms with Crippen LogP contribution in [0.2, 0.25) is 0 Å². The lowest BCUT2D eigenvalue weighted by Gasteiger charge is -2.20. The van der Waals surface area contributed by atoms with Crippen LogP contribution in [0.25, 0.3) is 0 Å². The zero-order valence-electron chi connectivity index (χ0n) is 13.2. The molecule has 2 heterocycles. The first kappa shape index (κ1) is 16.2. The Morgan fingerprint density at radius 3 is 2.55 bits per heavy atom. The maximum absolute atomic E-state index is 12.4. The lowest BCUT2D eigenvalue weighted by molar-refractivity contribution is -0.141. The molecule has 2 unspecified atom stereocenters. The van der Waals surface area contributed by atoms with Gasteiger partial charge in [-0.2, -0.15) is 5.10 Å². The number of nitrogens with one attached hydrogen (secondary N) is 2. The van der Waals surface area contributed by atoms with Crippen molar-refractivity contribution in [2.45, 2.75) is 38.4 Å². The van der Waals surface area contributed by atoms with E-state index >= 15 is 0 Å². The maximum atomic E-state index is 12.4. The second-order valence-electron chi connectivity index (χ2n) is 5.63. The number of hydrogen-bond acceptors (Lipinski definition) is 5. The Morgan fingerprint density at radius 2 is 2.09 bits per heavy atom. The van der Waals surface area contributed by atoms with Gasteiger partial charge >= 0.3 is 0 Å². The molecule has 120 valence electrons. The number of carbonyl (C=O) groups excluding carboxylic acids is 3. The molecule has 0 aliphatic carbocycles. The van der Waals surface area contributed by atoms with E-state index in [1.807, 2.05) is 0 Å². The van der Waals surface area contributed by atoms with Gasteiger partial charge in [0, 0.05) is 24.8 Å². The molecule has 8 nitrogen and oxygen atoms in total. The van der Waals surface area contributed by atoms with Gasteiger partial charge in [0.15, 0.2) is 0 Å². The molecule has 0 spiro atoms. The molecule has 1 fully saturated rings. The van der Waals surface area contributed by atoms with Gasteiger partial charge in [-0.25, -0.2) is 0 Å². The average Bonchev–Trinajstić information content (AvgIpc) is 2.95. The molecule has 0 radical (unpaired) electrons. The number of aryl methyl sites for hydroxylation is 1. The predicted molar refractivity (Wildman–Crippen MR) is 78.5 cm³/mol. The van der Waals surface area contributed by atoms with Crippen LogP contribution in [0.5, 0.6) is 0 Å². The Kier molecular flexibility index (Phi) is 4.60. The molecule has 2 rings (SSSR count). The molecule has 1 aromatic heterocycles. The van der Waals surface area contributed by atoms with Crippen molar-refractivity contribution in [3.05, 3.63) is 18.0 Å². The van der Waals surface area contributed by atoms with Gasteiger partial charge in [-0.1, -0.05) is 0 Å². The third-order valence-electron chi connectivity index (χ3n) is 3.62. The number of likely N-dealkylation sites (tertiary alicyclic amines) is 1. The number of amides is 3. The smallest absolute Gasteiger partial charge is 0.252 e. The molecular weight excluding hydrogens is 286 g/mol. The van der Waals surface area contributed by atoms with Crippen molar-refractivity contribution in [2.75, 3.05) is 7.05 Å². The van der Waals surface area contributed by atoms with Gasteiger partial charge in [0.1, 0.15) is 12.1 Å². The molecule has 1 aliphatic rings.